The van der Waals surface area contributed by atoms with Gasteiger partial charge < -0.3 is 9.32 Å². The lowest BCUT2D eigenvalue weighted by Crippen LogP contribution is -2.46. The maximum absolute atomic E-state index is 11.3. The fourth-order valence-corrected chi connectivity index (χ4v) is 3.43. The summed E-state index contributed by atoms with van der Waals surface area (Å²) in [5.41, 5.74) is 1.52. The number of hydrogen-bond donors (Lipinski definition) is 0. The molecule has 3 aromatic rings. The summed E-state index contributed by atoms with van der Waals surface area (Å²) < 4.78 is 5.77. The lowest BCUT2D eigenvalue weighted by molar-refractivity contribution is -0.384. The average molecular weight is 400 g/mol. The summed E-state index contributed by atoms with van der Waals surface area (Å²) in [7, 11) is 0. The van der Waals surface area contributed by atoms with E-state index in [1.165, 1.54) is 6.07 Å². The minimum Gasteiger partial charge on any atom is -0.419 e. The summed E-state index contributed by atoms with van der Waals surface area (Å²) >= 11 is 5.91. The predicted molar refractivity (Wildman–Crippen MR) is 105 cm³/mol. The van der Waals surface area contributed by atoms with Crippen LogP contribution in [0.2, 0.25) is 5.02 Å². The number of aromatic nitrogens is 2. The highest BCUT2D eigenvalue weighted by molar-refractivity contribution is 6.30. The first kappa shape index (κ1) is 18.4. The molecular formula is C19H18ClN5O3. The van der Waals surface area contributed by atoms with Gasteiger partial charge in [0.05, 0.1) is 11.5 Å². The van der Waals surface area contributed by atoms with E-state index in [2.05, 4.69) is 15.1 Å². The highest BCUT2D eigenvalue weighted by Crippen LogP contribution is 2.31. The molecule has 0 N–H and O–H groups in total. The molecule has 0 amide bonds. The maximum atomic E-state index is 11.3. The van der Waals surface area contributed by atoms with E-state index >= 15 is 0 Å². The lowest BCUT2D eigenvalue weighted by Gasteiger charge is -2.35. The number of halogens is 1. The molecule has 1 fully saturated rings. The van der Waals surface area contributed by atoms with Crippen molar-refractivity contribution in [3.8, 4) is 11.5 Å². The van der Waals surface area contributed by atoms with Crippen molar-refractivity contribution in [3.63, 3.8) is 0 Å². The number of piperazine rings is 1. The Hall–Kier alpha value is -2.97. The molecule has 1 saturated heterocycles. The minimum absolute atomic E-state index is 0.0327. The number of hydrogen-bond acceptors (Lipinski definition) is 7. The van der Waals surface area contributed by atoms with Crippen LogP contribution in [0.4, 0.5) is 11.4 Å². The van der Waals surface area contributed by atoms with Crippen LogP contribution in [0.15, 0.2) is 52.9 Å². The van der Waals surface area contributed by atoms with Crippen molar-refractivity contribution in [2.24, 2.45) is 0 Å². The molecule has 144 valence electrons. The van der Waals surface area contributed by atoms with Gasteiger partial charge in [-0.05, 0) is 24.3 Å². The van der Waals surface area contributed by atoms with Gasteiger partial charge in [-0.1, -0.05) is 29.8 Å². The van der Waals surface area contributed by atoms with Gasteiger partial charge in [0, 0.05) is 42.8 Å². The summed E-state index contributed by atoms with van der Waals surface area (Å²) in [5, 5.41) is 19.9. The van der Waals surface area contributed by atoms with Crippen molar-refractivity contribution < 1.29 is 9.34 Å². The second-order valence-electron chi connectivity index (χ2n) is 6.52. The van der Waals surface area contributed by atoms with E-state index in [1.54, 1.807) is 12.1 Å². The zero-order valence-electron chi connectivity index (χ0n) is 15.0. The molecule has 0 spiro atoms. The normalized spacial score (nSPS) is 15.0. The highest BCUT2D eigenvalue weighted by atomic mass is 35.5. The van der Waals surface area contributed by atoms with Gasteiger partial charge in [0.25, 0.3) is 5.69 Å². The average Bonchev–Trinajstić information content (AvgIpc) is 3.18. The van der Waals surface area contributed by atoms with Gasteiger partial charge in [0.2, 0.25) is 11.8 Å². The molecule has 8 nitrogen and oxygen atoms in total. The Morgan fingerprint density at radius 3 is 2.54 bits per heavy atom. The van der Waals surface area contributed by atoms with Crippen LogP contribution >= 0.6 is 11.6 Å². The van der Waals surface area contributed by atoms with Crippen molar-refractivity contribution in [1.29, 1.82) is 0 Å². The molecule has 0 bridgehead atoms. The van der Waals surface area contributed by atoms with E-state index in [-0.39, 0.29) is 5.69 Å². The minimum atomic E-state index is -0.392. The summed E-state index contributed by atoms with van der Waals surface area (Å²) in [4.78, 5) is 15.1. The monoisotopic (exact) mass is 399 g/mol. The SMILES string of the molecule is O=[N+]([O-])c1cc(Cl)ccc1N1CCN(Cc2nnc(-c3ccccc3)o2)CC1. The van der Waals surface area contributed by atoms with Crippen molar-refractivity contribution in [1.82, 2.24) is 15.1 Å². The third-order valence-electron chi connectivity index (χ3n) is 4.69. The zero-order valence-corrected chi connectivity index (χ0v) is 15.7. The second kappa shape index (κ2) is 7.95. The predicted octanol–water partition coefficient (Wildman–Crippen LogP) is 3.62. The van der Waals surface area contributed by atoms with Gasteiger partial charge in [0.1, 0.15) is 5.69 Å². The van der Waals surface area contributed by atoms with Crippen LogP contribution in [0, 0.1) is 10.1 Å². The quantitative estimate of drug-likeness (QED) is 0.478. The summed E-state index contributed by atoms with van der Waals surface area (Å²) in [5.74, 6) is 1.07. The van der Waals surface area contributed by atoms with Crippen molar-refractivity contribution >= 4 is 23.0 Å². The summed E-state index contributed by atoms with van der Waals surface area (Å²) in [6.07, 6.45) is 0. The summed E-state index contributed by atoms with van der Waals surface area (Å²) in [6, 6.07) is 14.4. The molecule has 1 aromatic heterocycles. The molecule has 0 unspecified atom stereocenters. The maximum Gasteiger partial charge on any atom is 0.294 e. The third-order valence-corrected chi connectivity index (χ3v) is 4.93. The Kier molecular flexibility index (Phi) is 5.23. The fourth-order valence-electron chi connectivity index (χ4n) is 3.26. The molecule has 1 aliphatic heterocycles. The molecule has 28 heavy (non-hydrogen) atoms. The van der Waals surface area contributed by atoms with Crippen LogP contribution in [0.25, 0.3) is 11.5 Å². The first-order valence-corrected chi connectivity index (χ1v) is 9.27. The van der Waals surface area contributed by atoms with E-state index in [9.17, 15) is 10.1 Å². The molecule has 2 aromatic carbocycles. The smallest absolute Gasteiger partial charge is 0.294 e. The van der Waals surface area contributed by atoms with Crippen molar-refractivity contribution in [2.45, 2.75) is 6.54 Å². The molecule has 0 radical (unpaired) electrons. The highest BCUT2D eigenvalue weighted by Gasteiger charge is 2.25. The molecule has 4 rings (SSSR count). The van der Waals surface area contributed by atoms with Crippen LogP contribution in [-0.2, 0) is 6.54 Å². The van der Waals surface area contributed by atoms with Gasteiger partial charge in [-0.3, -0.25) is 15.0 Å². The van der Waals surface area contributed by atoms with Gasteiger partial charge >= 0.3 is 0 Å². The molecule has 0 aliphatic carbocycles. The summed E-state index contributed by atoms with van der Waals surface area (Å²) in [6.45, 7) is 3.37. The van der Waals surface area contributed by atoms with Crippen LogP contribution in [-0.4, -0.2) is 46.2 Å². The Morgan fingerprint density at radius 2 is 1.82 bits per heavy atom. The van der Waals surface area contributed by atoms with E-state index < -0.39 is 4.92 Å². The fraction of sp³-hybridized carbons (Fsp3) is 0.263. The van der Waals surface area contributed by atoms with Crippen LogP contribution < -0.4 is 4.90 Å². The Balaban J connectivity index is 1.39. The Morgan fingerprint density at radius 1 is 1.07 bits per heavy atom. The van der Waals surface area contributed by atoms with Gasteiger partial charge in [-0.2, -0.15) is 0 Å². The Labute approximate surface area is 166 Å². The first-order chi connectivity index (χ1) is 13.6. The van der Waals surface area contributed by atoms with Gasteiger partial charge in [-0.15, -0.1) is 10.2 Å². The van der Waals surface area contributed by atoms with Crippen molar-refractivity contribution in [2.75, 3.05) is 31.1 Å². The topological polar surface area (TPSA) is 88.5 Å². The number of nitrogens with zero attached hydrogens (tertiary/aromatic N) is 5. The number of benzene rings is 2. The molecule has 0 atom stereocenters. The number of nitro groups is 1. The van der Waals surface area contributed by atoms with Gasteiger partial charge in [-0.25, -0.2) is 0 Å². The molecule has 2 heterocycles. The van der Waals surface area contributed by atoms with E-state index in [4.69, 9.17) is 16.0 Å². The molecule has 9 heteroatoms. The van der Waals surface area contributed by atoms with Crippen LogP contribution in [0.3, 0.4) is 0 Å². The molecule has 1 aliphatic rings. The van der Waals surface area contributed by atoms with E-state index in [0.29, 0.717) is 42.1 Å². The largest absolute Gasteiger partial charge is 0.419 e. The zero-order chi connectivity index (χ0) is 19.5. The van der Waals surface area contributed by atoms with Gasteiger partial charge in [0.15, 0.2) is 0 Å². The van der Waals surface area contributed by atoms with Crippen LogP contribution in [0.5, 0.6) is 0 Å². The number of anilines is 1. The lowest BCUT2D eigenvalue weighted by atomic mass is 10.2. The molecular weight excluding hydrogens is 382 g/mol. The van der Waals surface area contributed by atoms with Crippen molar-refractivity contribution in [3.05, 3.63) is 69.6 Å². The number of nitro benzene ring substituents is 1. The number of rotatable bonds is 5. The Bertz CT molecular complexity index is 971. The van der Waals surface area contributed by atoms with E-state index in [0.717, 1.165) is 18.7 Å². The molecule has 0 saturated carbocycles. The first-order valence-electron chi connectivity index (χ1n) is 8.89. The third kappa shape index (κ3) is 3.97. The van der Waals surface area contributed by atoms with E-state index in [1.807, 2.05) is 35.2 Å². The van der Waals surface area contributed by atoms with Crippen LogP contribution in [0.1, 0.15) is 5.89 Å². The second-order valence-corrected chi connectivity index (χ2v) is 6.96. The standard InChI is InChI=1S/C19H18ClN5O3/c20-15-6-7-16(17(12-15)25(26)27)24-10-8-23(9-11-24)13-18-21-22-19(28-18)14-4-2-1-3-5-14/h1-7,12H,8-11,13H2.